The molecule has 0 saturated heterocycles. The van der Waals surface area contributed by atoms with Crippen molar-refractivity contribution in [1.82, 2.24) is 9.78 Å². The molecule has 2 rings (SSSR count). The number of alkyl halides is 3. The molecule has 0 unspecified atom stereocenters. The second-order valence-corrected chi connectivity index (χ2v) is 12.5. The van der Waals surface area contributed by atoms with Gasteiger partial charge in [-0.25, -0.2) is 0 Å². The van der Waals surface area contributed by atoms with Crippen molar-refractivity contribution >= 4 is 8.32 Å². The minimum atomic E-state index is -4.64. The first kappa shape index (κ1) is 18.3. The van der Waals surface area contributed by atoms with Gasteiger partial charge in [-0.05, 0) is 31.0 Å². The summed E-state index contributed by atoms with van der Waals surface area (Å²) >= 11 is 0. The summed E-state index contributed by atoms with van der Waals surface area (Å²) in [6.45, 7) is 11.0. The highest BCUT2D eigenvalue weighted by molar-refractivity contribution is 6.74. The Labute approximate surface area is 135 Å². The van der Waals surface area contributed by atoms with Crippen LogP contribution in [0.1, 0.15) is 50.9 Å². The molecule has 1 aromatic rings. The molecule has 1 aliphatic rings. The maximum Gasteiger partial charge on any atom is 0.438 e. The number of aromatic hydroxyl groups is 1. The van der Waals surface area contributed by atoms with Gasteiger partial charge in [-0.15, -0.1) is 0 Å². The average Bonchev–Trinajstić information content (AvgIpc) is 3.11. The van der Waals surface area contributed by atoms with E-state index in [4.69, 9.17) is 4.43 Å². The lowest BCUT2D eigenvalue weighted by molar-refractivity contribution is -0.142. The normalized spacial score (nSPS) is 16.9. The zero-order chi connectivity index (χ0) is 17.6. The fraction of sp³-hybridized carbons (Fsp3) is 0.800. The van der Waals surface area contributed by atoms with Gasteiger partial charge in [0, 0.05) is 5.92 Å². The van der Waals surface area contributed by atoms with Gasteiger partial charge in [-0.2, -0.15) is 18.3 Å². The molecule has 1 N–H and O–H groups in total. The summed E-state index contributed by atoms with van der Waals surface area (Å²) in [6.07, 6.45) is -3.06. The van der Waals surface area contributed by atoms with Crippen LogP contribution in [0.4, 0.5) is 13.2 Å². The number of aromatic nitrogens is 2. The van der Waals surface area contributed by atoms with E-state index in [2.05, 4.69) is 39.0 Å². The van der Waals surface area contributed by atoms with Crippen LogP contribution >= 0.6 is 0 Å². The van der Waals surface area contributed by atoms with Crippen LogP contribution in [0.3, 0.4) is 0 Å². The van der Waals surface area contributed by atoms with E-state index in [9.17, 15) is 18.3 Å². The first-order valence-electron chi connectivity index (χ1n) is 7.85. The van der Waals surface area contributed by atoms with E-state index < -0.39 is 25.9 Å². The van der Waals surface area contributed by atoms with E-state index in [0.717, 1.165) is 12.8 Å². The second-order valence-electron chi connectivity index (χ2n) is 7.69. The van der Waals surface area contributed by atoms with Gasteiger partial charge in [0.2, 0.25) is 5.69 Å². The largest absolute Gasteiger partial charge is 0.504 e. The van der Waals surface area contributed by atoms with E-state index in [1.807, 2.05) is 0 Å². The van der Waals surface area contributed by atoms with E-state index in [1.165, 1.54) is 4.68 Å². The standard InChI is InChI=1S/C15H25F3N2O2Si/c1-14(2,3)23(4,5)22-9-8-20-11(10-6-7-10)12(21)13(19-20)15(16,17)18/h10,21H,6-9H2,1-5H3. The molecular weight excluding hydrogens is 325 g/mol. The summed E-state index contributed by atoms with van der Waals surface area (Å²) in [7, 11) is -1.96. The lowest BCUT2D eigenvalue weighted by Crippen LogP contribution is -2.41. The van der Waals surface area contributed by atoms with Crippen LogP contribution < -0.4 is 0 Å². The molecule has 1 fully saturated rings. The molecule has 0 amide bonds. The molecule has 0 spiro atoms. The zero-order valence-electron chi connectivity index (χ0n) is 14.3. The Morgan fingerprint density at radius 3 is 2.26 bits per heavy atom. The van der Waals surface area contributed by atoms with Crippen molar-refractivity contribution in [2.24, 2.45) is 0 Å². The highest BCUT2D eigenvalue weighted by Gasteiger charge is 2.43. The van der Waals surface area contributed by atoms with E-state index in [0.29, 0.717) is 12.3 Å². The Kier molecular flexibility index (Phi) is 4.62. The van der Waals surface area contributed by atoms with Gasteiger partial charge < -0.3 is 9.53 Å². The van der Waals surface area contributed by atoms with Crippen molar-refractivity contribution in [3.63, 3.8) is 0 Å². The lowest BCUT2D eigenvalue weighted by atomic mass is 10.2. The first-order valence-corrected chi connectivity index (χ1v) is 10.8. The molecule has 1 aromatic heterocycles. The topological polar surface area (TPSA) is 47.3 Å². The molecule has 0 aliphatic heterocycles. The minimum Gasteiger partial charge on any atom is -0.504 e. The Morgan fingerprint density at radius 1 is 1.26 bits per heavy atom. The maximum absolute atomic E-state index is 12.9. The second kappa shape index (κ2) is 5.80. The Balaban J connectivity index is 2.14. The summed E-state index contributed by atoms with van der Waals surface area (Å²) in [4.78, 5) is 0. The van der Waals surface area contributed by atoms with Crippen molar-refractivity contribution in [2.45, 2.75) is 70.4 Å². The third-order valence-corrected chi connectivity index (χ3v) is 9.31. The molecule has 4 nitrogen and oxygen atoms in total. The summed E-state index contributed by atoms with van der Waals surface area (Å²) in [6, 6.07) is 0. The minimum absolute atomic E-state index is 0.0218. The summed E-state index contributed by atoms with van der Waals surface area (Å²) < 4.78 is 46.1. The molecule has 0 aromatic carbocycles. The third kappa shape index (κ3) is 3.91. The van der Waals surface area contributed by atoms with E-state index in [-0.39, 0.29) is 17.5 Å². The molecule has 0 bridgehead atoms. The number of nitrogens with zero attached hydrogens (tertiary/aromatic N) is 2. The molecule has 1 aliphatic carbocycles. The van der Waals surface area contributed by atoms with Gasteiger partial charge in [0.05, 0.1) is 18.8 Å². The van der Waals surface area contributed by atoms with Crippen molar-refractivity contribution in [2.75, 3.05) is 6.61 Å². The summed E-state index contributed by atoms with van der Waals surface area (Å²) in [5.74, 6) is -0.737. The summed E-state index contributed by atoms with van der Waals surface area (Å²) in [5.41, 5.74) is -0.886. The number of hydrogen-bond donors (Lipinski definition) is 1. The molecule has 8 heteroatoms. The quantitative estimate of drug-likeness (QED) is 0.795. The van der Waals surface area contributed by atoms with Crippen molar-refractivity contribution < 1.29 is 22.7 Å². The molecule has 0 atom stereocenters. The van der Waals surface area contributed by atoms with Gasteiger partial charge >= 0.3 is 6.18 Å². The average molecular weight is 350 g/mol. The van der Waals surface area contributed by atoms with E-state index in [1.54, 1.807) is 0 Å². The number of halogens is 3. The van der Waals surface area contributed by atoms with Crippen LogP contribution in [-0.4, -0.2) is 29.8 Å². The zero-order valence-corrected chi connectivity index (χ0v) is 15.3. The first-order chi connectivity index (χ1) is 10.3. The van der Waals surface area contributed by atoms with Crippen LogP contribution in [0.2, 0.25) is 18.1 Å². The smallest absolute Gasteiger partial charge is 0.438 e. The van der Waals surface area contributed by atoms with E-state index >= 15 is 0 Å². The molecule has 1 heterocycles. The third-order valence-electron chi connectivity index (χ3n) is 4.77. The van der Waals surface area contributed by atoms with Gasteiger partial charge in [-0.3, -0.25) is 4.68 Å². The number of hydrogen-bond acceptors (Lipinski definition) is 3. The Morgan fingerprint density at radius 2 is 1.83 bits per heavy atom. The molecule has 132 valence electrons. The van der Waals surface area contributed by atoms with Gasteiger partial charge in [0.1, 0.15) is 0 Å². The monoisotopic (exact) mass is 350 g/mol. The number of rotatable bonds is 5. The lowest BCUT2D eigenvalue weighted by Gasteiger charge is -2.36. The van der Waals surface area contributed by atoms with Crippen LogP contribution in [-0.2, 0) is 17.1 Å². The predicted molar refractivity (Wildman–Crippen MR) is 84.0 cm³/mol. The molecule has 1 saturated carbocycles. The summed E-state index contributed by atoms with van der Waals surface area (Å²) in [5, 5.41) is 13.5. The van der Waals surface area contributed by atoms with Crippen LogP contribution in [0.15, 0.2) is 0 Å². The molecule has 23 heavy (non-hydrogen) atoms. The SMILES string of the molecule is CC(C)(C)[Si](C)(C)OCCn1nc(C(F)(F)F)c(O)c1C1CC1. The molecular formula is C15H25F3N2O2Si. The van der Waals surface area contributed by atoms with Crippen molar-refractivity contribution in [1.29, 1.82) is 0 Å². The van der Waals surface area contributed by atoms with Crippen LogP contribution in [0.5, 0.6) is 5.75 Å². The fourth-order valence-electron chi connectivity index (χ4n) is 2.19. The van der Waals surface area contributed by atoms with Crippen LogP contribution in [0.25, 0.3) is 0 Å². The highest BCUT2D eigenvalue weighted by Crippen LogP contribution is 2.48. The van der Waals surface area contributed by atoms with Gasteiger partial charge in [0.15, 0.2) is 14.1 Å². The van der Waals surface area contributed by atoms with Gasteiger partial charge in [0.25, 0.3) is 0 Å². The maximum atomic E-state index is 12.9. The predicted octanol–water partition coefficient (Wildman–Crippen LogP) is 4.51. The molecule has 0 radical (unpaired) electrons. The highest BCUT2D eigenvalue weighted by atomic mass is 28.4. The van der Waals surface area contributed by atoms with Crippen molar-refractivity contribution in [3.8, 4) is 5.75 Å². The Bertz CT molecular complexity index is 573. The fourth-order valence-corrected chi connectivity index (χ4v) is 3.23. The van der Waals surface area contributed by atoms with Crippen molar-refractivity contribution in [3.05, 3.63) is 11.4 Å². The van der Waals surface area contributed by atoms with Gasteiger partial charge in [-0.1, -0.05) is 20.8 Å². The van der Waals surface area contributed by atoms with Crippen LogP contribution in [0, 0.1) is 0 Å². The Hall–Kier alpha value is -1.02.